The third-order valence-electron chi connectivity index (χ3n) is 12.2. The Bertz CT molecular complexity index is 2770. The van der Waals surface area contributed by atoms with Gasteiger partial charge in [-0.3, -0.25) is 9.59 Å². The molecule has 7 N–H and O–H groups in total. The Morgan fingerprint density at radius 3 is 1.62 bits per heavy atom. The molecule has 2 amide bonds. The van der Waals surface area contributed by atoms with E-state index < -0.39 is 0 Å². The van der Waals surface area contributed by atoms with Gasteiger partial charge in [0.15, 0.2) is 0 Å². The first-order valence-corrected chi connectivity index (χ1v) is 23.8. The number of nitrogens with zero attached hydrogens (tertiary/aromatic N) is 6. The largest absolute Gasteiger partial charge is 0.495 e. The van der Waals surface area contributed by atoms with Crippen LogP contribution in [-0.2, 0) is 9.59 Å². The molecule has 4 heterocycles. The van der Waals surface area contributed by atoms with Gasteiger partial charge in [-0.05, 0) is 187 Å². The number of aryl methyl sites for hydroxylation is 2. The van der Waals surface area contributed by atoms with Gasteiger partial charge < -0.3 is 51.6 Å². The summed E-state index contributed by atoms with van der Waals surface area (Å²) in [5, 5.41) is 15.4. The number of carbonyl (C=O) groups excluding carboxylic acids is 2. The summed E-state index contributed by atoms with van der Waals surface area (Å²) in [6.07, 6.45) is 10.6. The molecule has 0 aliphatic carbocycles. The maximum Gasteiger partial charge on any atom is 0.247 e. The first kappa shape index (κ1) is 52.8. The Hall–Kier alpha value is -7.53. The average Bonchev–Trinajstić information content (AvgIpc) is 3.37. The Kier molecular flexibility index (Phi) is 19.3. The number of methoxy groups -OCH3 is 2. The van der Waals surface area contributed by atoms with Crippen LogP contribution >= 0.6 is 11.6 Å². The van der Waals surface area contributed by atoms with E-state index in [1.165, 1.54) is 49.2 Å². The van der Waals surface area contributed by atoms with E-state index in [9.17, 15) is 9.59 Å². The molecule has 0 saturated carbocycles. The number of anilines is 9. The van der Waals surface area contributed by atoms with Crippen molar-refractivity contribution in [2.75, 3.05) is 86.8 Å². The summed E-state index contributed by atoms with van der Waals surface area (Å²) in [7, 11) is 7.70. The molecule has 0 bridgehead atoms. The predicted octanol–water partition coefficient (Wildman–Crippen LogP) is 10.6. The highest BCUT2D eigenvalue weighted by atomic mass is 35.5. The number of aromatic nitrogens is 4. The highest BCUT2D eigenvalue weighted by Crippen LogP contribution is 2.36. The number of amides is 2. The maximum absolute atomic E-state index is 11.6. The monoisotopic (exact) mass is 980 g/mol. The summed E-state index contributed by atoms with van der Waals surface area (Å²) < 4.78 is 11.0. The molecule has 17 heteroatoms. The van der Waals surface area contributed by atoms with E-state index in [0.717, 1.165) is 71.3 Å². The van der Waals surface area contributed by atoms with E-state index in [0.29, 0.717) is 40.8 Å². The molecule has 2 aliphatic rings. The molecule has 4 aromatic carbocycles. The van der Waals surface area contributed by atoms with Gasteiger partial charge in [0.25, 0.3) is 0 Å². The standard InChI is InChI=1S/C27H32N6O2.C14H13ClN4O.C13H20N2O/c1-5-25(34)29-21-7-6-8-22(16-21)30-26-18(2)17-28-27(32-26)31-23-10-9-20(15-24(23)35-4)19-11-13-33(3)14-12-19;1-3-12(20)17-10-5-4-6-11(7-10)18-13-9(2)8-16-14(15)19-13;1-15-7-5-10(6-8-15)11-3-4-12(14)13(9-11)16-2/h5-10,15-17,19H,1,11-14H2,2-4H3,(H,29,34)(H2,28,30,31,32);3-8H,1H2,2H3,(H,17,20)(H,16,18,19);3-4,9-10H,5-8,14H2,1-2H3. The molecule has 2 saturated heterocycles. The zero-order valence-electron chi connectivity index (χ0n) is 41.4. The third-order valence-corrected chi connectivity index (χ3v) is 12.4. The van der Waals surface area contributed by atoms with Crippen molar-refractivity contribution < 1.29 is 19.1 Å². The average molecular weight is 982 g/mol. The Labute approximate surface area is 422 Å². The molecule has 0 atom stereocenters. The zero-order valence-corrected chi connectivity index (χ0v) is 42.1. The maximum atomic E-state index is 11.6. The van der Waals surface area contributed by atoms with E-state index in [1.54, 1.807) is 38.7 Å². The first-order chi connectivity index (χ1) is 34.2. The van der Waals surface area contributed by atoms with Crippen LogP contribution in [0.2, 0.25) is 5.28 Å². The fourth-order valence-corrected chi connectivity index (χ4v) is 8.17. The van der Waals surface area contributed by atoms with E-state index in [2.05, 4.69) is 108 Å². The topological polar surface area (TPSA) is 197 Å². The minimum Gasteiger partial charge on any atom is -0.495 e. The minimum atomic E-state index is -0.261. The predicted molar refractivity (Wildman–Crippen MR) is 288 cm³/mol. The Morgan fingerprint density at radius 1 is 0.648 bits per heavy atom. The molecule has 0 spiro atoms. The van der Waals surface area contributed by atoms with Crippen LogP contribution in [0.4, 0.5) is 51.7 Å². The minimum absolute atomic E-state index is 0.175. The molecule has 16 nitrogen and oxygen atoms in total. The number of likely N-dealkylation sites (tertiary alicyclic amines) is 2. The fraction of sp³-hybridized carbons (Fsp3) is 0.296. The molecule has 372 valence electrons. The van der Waals surface area contributed by atoms with Crippen LogP contribution in [0.15, 0.2) is 123 Å². The van der Waals surface area contributed by atoms with Crippen molar-refractivity contribution >= 4 is 75.1 Å². The normalized spacial score (nSPS) is 14.0. The summed E-state index contributed by atoms with van der Waals surface area (Å²) in [6.45, 7) is 15.3. The number of ether oxygens (including phenoxy) is 2. The highest BCUT2D eigenvalue weighted by molar-refractivity contribution is 6.28. The van der Waals surface area contributed by atoms with Gasteiger partial charge in [-0.1, -0.05) is 37.4 Å². The van der Waals surface area contributed by atoms with Crippen LogP contribution in [0.5, 0.6) is 11.5 Å². The molecule has 2 aliphatic heterocycles. The van der Waals surface area contributed by atoms with Crippen molar-refractivity contribution in [1.82, 2.24) is 29.7 Å². The van der Waals surface area contributed by atoms with Gasteiger partial charge in [-0.25, -0.2) is 15.0 Å². The molecule has 6 aromatic rings. The lowest BCUT2D eigenvalue weighted by molar-refractivity contribution is -0.112. The van der Waals surface area contributed by atoms with Gasteiger partial charge in [-0.2, -0.15) is 4.98 Å². The summed E-state index contributed by atoms with van der Waals surface area (Å²) in [6, 6.07) is 27.2. The number of carbonyl (C=O) groups is 2. The van der Waals surface area contributed by atoms with Gasteiger partial charge in [0.1, 0.15) is 23.1 Å². The number of rotatable bonds is 14. The molecule has 2 fully saturated rings. The lowest BCUT2D eigenvalue weighted by Crippen LogP contribution is -2.29. The van der Waals surface area contributed by atoms with Gasteiger partial charge in [0.2, 0.25) is 23.0 Å². The number of hydrogen-bond donors (Lipinski definition) is 6. The van der Waals surface area contributed by atoms with Crippen molar-refractivity contribution in [2.24, 2.45) is 0 Å². The van der Waals surface area contributed by atoms with Crippen molar-refractivity contribution in [1.29, 1.82) is 0 Å². The van der Waals surface area contributed by atoms with Gasteiger partial charge in [-0.15, -0.1) is 0 Å². The lowest BCUT2D eigenvalue weighted by atomic mass is 9.89. The number of benzene rings is 4. The molecular formula is C54H65ClN12O4. The van der Waals surface area contributed by atoms with Crippen LogP contribution in [0.3, 0.4) is 0 Å². The number of halogens is 1. The Morgan fingerprint density at radius 2 is 1.11 bits per heavy atom. The highest BCUT2D eigenvalue weighted by Gasteiger charge is 2.21. The number of nitrogens with one attached hydrogen (secondary N) is 5. The molecule has 8 rings (SSSR count). The van der Waals surface area contributed by atoms with E-state index >= 15 is 0 Å². The number of piperidine rings is 2. The van der Waals surface area contributed by atoms with Crippen molar-refractivity contribution in [3.05, 3.63) is 150 Å². The van der Waals surface area contributed by atoms with Crippen LogP contribution in [0.25, 0.3) is 0 Å². The Balaban J connectivity index is 0.000000193. The van der Waals surface area contributed by atoms with Crippen LogP contribution in [-0.4, -0.2) is 96.0 Å². The second kappa shape index (κ2) is 25.9. The van der Waals surface area contributed by atoms with Gasteiger partial charge >= 0.3 is 0 Å². The van der Waals surface area contributed by atoms with Crippen LogP contribution in [0, 0.1) is 13.8 Å². The lowest BCUT2D eigenvalue weighted by Gasteiger charge is -2.29. The summed E-state index contributed by atoms with van der Waals surface area (Å²) in [5.41, 5.74) is 14.7. The first-order valence-electron chi connectivity index (χ1n) is 23.4. The summed E-state index contributed by atoms with van der Waals surface area (Å²) in [5.74, 6) is 4.00. The van der Waals surface area contributed by atoms with Crippen molar-refractivity contribution in [3.63, 3.8) is 0 Å². The van der Waals surface area contributed by atoms with Crippen LogP contribution in [0.1, 0.15) is 59.8 Å². The number of hydrogen-bond acceptors (Lipinski definition) is 14. The smallest absolute Gasteiger partial charge is 0.247 e. The number of nitrogen functional groups attached to an aromatic ring is 1. The van der Waals surface area contributed by atoms with E-state index in [4.69, 9.17) is 26.8 Å². The van der Waals surface area contributed by atoms with E-state index in [1.807, 2.05) is 62.4 Å². The van der Waals surface area contributed by atoms with Crippen molar-refractivity contribution in [2.45, 2.75) is 51.4 Å². The van der Waals surface area contributed by atoms with Crippen molar-refractivity contribution in [3.8, 4) is 11.5 Å². The quantitative estimate of drug-likeness (QED) is 0.0342. The fourth-order valence-electron chi connectivity index (χ4n) is 8.04. The molecular weight excluding hydrogens is 916 g/mol. The summed E-state index contributed by atoms with van der Waals surface area (Å²) >= 11 is 5.77. The molecule has 0 unspecified atom stereocenters. The molecule has 2 aromatic heterocycles. The van der Waals surface area contributed by atoms with Crippen LogP contribution < -0.4 is 41.8 Å². The number of nitrogens with two attached hydrogens (primary N) is 1. The van der Waals surface area contributed by atoms with Gasteiger partial charge in [0, 0.05) is 46.3 Å². The van der Waals surface area contributed by atoms with E-state index in [-0.39, 0.29) is 17.1 Å². The SMILES string of the molecule is C=CC(=O)Nc1cccc(Nc2nc(Cl)ncc2C)c1.C=CC(=O)Nc1cccc(Nc2nc(Nc3ccc(C4CCN(C)CC4)cc3OC)ncc2C)c1.COc1cc(C2CCN(C)CC2)ccc1N. The zero-order chi connectivity index (χ0) is 50.9. The third kappa shape index (κ3) is 15.7. The van der Waals surface area contributed by atoms with Gasteiger partial charge in [0.05, 0.1) is 25.6 Å². The molecule has 0 radical (unpaired) electrons. The summed E-state index contributed by atoms with van der Waals surface area (Å²) in [4.78, 5) is 44.7. The molecule has 71 heavy (non-hydrogen) atoms. The second-order valence-corrected chi connectivity index (χ2v) is 17.8. The second-order valence-electron chi connectivity index (χ2n) is 17.4.